The van der Waals surface area contributed by atoms with Crippen molar-refractivity contribution < 1.29 is 18.0 Å². The first-order valence-corrected chi connectivity index (χ1v) is 8.29. The second kappa shape index (κ2) is 7.70. The molecule has 2 aromatic rings. The van der Waals surface area contributed by atoms with Gasteiger partial charge in [-0.2, -0.15) is 0 Å². The van der Waals surface area contributed by atoms with Crippen LogP contribution in [0.3, 0.4) is 0 Å². The number of rotatable bonds is 5. The molecule has 1 aliphatic rings. The minimum absolute atomic E-state index is 0.151. The van der Waals surface area contributed by atoms with Crippen molar-refractivity contribution in [3.63, 3.8) is 0 Å². The molecular formula is C19H19F3N2O. The highest BCUT2D eigenvalue weighted by atomic mass is 19.2. The standard InChI is InChI=1S/C19H19F3N2O/c20-15-9-13(10-16(21)19(15)22)14-3-1-2-4-17(14)24-18(25)6-5-12-7-8-23-11-12/h1-4,9-10,12,23H,5-8,11H2,(H,24,25). The number of nitrogens with one attached hydrogen (secondary N) is 2. The van der Waals surface area contributed by atoms with E-state index in [4.69, 9.17) is 0 Å². The Kier molecular flexibility index (Phi) is 5.38. The molecule has 0 aliphatic carbocycles. The van der Waals surface area contributed by atoms with Gasteiger partial charge in [-0.15, -0.1) is 0 Å². The van der Waals surface area contributed by atoms with Crippen LogP contribution in [0, 0.1) is 23.4 Å². The van der Waals surface area contributed by atoms with Gasteiger partial charge in [0.1, 0.15) is 0 Å². The van der Waals surface area contributed by atoms with Crippen molar-refractivity contribution in [3.05, 3.63) is 53.8 Å². The van der Waals surface area contributed by atoms with E-state index < -0.39 is 17.5 Å². The largest absolute Gasteiger partial charge is 0.326 e. The predicted molar refractivity (Wildman–Crippen MR) is 90.6 cm³/mol. The van der Waals surface area contributed by atoms with E-state index in [0.717, 1.165) is 38.1 Å². The predicted octanol–water partition coefficient (Wildman–Crippen LogP) is 4.10. The fraction of sp³-hybridized carbons (Fsp3) is 0.316. The highest BCUT2D eigenvalue weighted by Gasteiger charge is 2.17. The van der Waals surface area contributed by atoms with Crippen LogP contribution in [-0.4, -0.2) is 19.0 Å². The third-order valence-electron chi connectivity index (χ3n) is 4.44. The molecule has 1 fully saturated rings. The van der Waals surface area contributed by atoms with Gasteiger partial charge >= 0.3 is 0 Å². The van der Waals surface area contributed by atoms with Crippen LogP contribution in [0.2, 0.25) is 0 Å². The Morgan fingerprint density at radius 1 is 1.16 bits per heavy atom. The molecule has 0 radical (unpaired) electrons. The molecule has 1 unspecified atom stereocenters. The van der Waals surface area contributed by atoms with Crippen LogP contribution >= 0.6 is 0 Å². The van der Waals surface area contributed by atoms with Gasteiger partial charge in [-0.25, -0.2) is 13.2 Å². The Hall–Kier alpha value is -2.34. The zero-order chi connectivity index (χ0) is 17.8. The van der Waals surface area contributed by atoms with Crippen molar-refractivity contribution >= 4 is 11.6 Å². The van der Waals surface area contributed by atoms with Crippen molar-refractivity contribution in [3.8, 4) is 11.1 Å². The number of para-hydroxylation sites is 1. The summed E-state index contributed by atoms with van der Waals surface area (Å²) in [6.07, 6.45) is 2.24. The highest BCUT2D eigenvalue weighted by Crippen LogP contribution is 2.30. The fourth-order valence-corrected chi connectivity index (χ4v) is 3.06. The second-order valence-electron chi connectivity index (χ2n) is 6.25. The van der Waals surface area contributed by atoms with Crippen LogP contribution in [0.1, 0.15) is 19.3 Å². The lowest BCUT2D eigenvalue weighted by Gasteiger charge is -2.13. The first-order chi connectivity index (χ1) is 12.0. The van der Waals surface area contributed by atoms with E-state index in [1.807, 2.05) is 0 Å². The van der Waals surface area contributed by atoms with Gasteiger partial charge in [0.2, 0.25) is 5.91 Å². The summed E-state index contributed by atoms with van der Waals surface area (Å²) in [4.78, 5) is 12.2. The van der Waals surface area contributed by atoms with Crippen molar-refractivity contribution in [2.45, 2.75) is 19.3 Å². The third-order valence-corrected chi connectivity index (χ3v) is 4.44. The summed E-state index contributed by atoms with van der Waals surface area (Å²) in [5.41, 5.74) is 1.06. The van der Waals surface area contributed by atoms with E-state index in [0.29, 0.717) is 23.6 Å². The van der Waals surface area contributed by atoms with Gasteiger partial charge in [-0.3, -0.25) is 4.79 Å². The maximum Gasteiger partial charge on any atom is 0.224 e. The van der Waals surface area contributed by atoms with Crippen molar-refractivity contribution in [2.24, 2.45) is 5.92 Å². The van der Waals surface area contributed by atoms with E-state index in [9.17, 15) is 18.0 Å². The molecule has 6 heteroatoms. The molecule has 1 aliphatic heterocycles. The monoisotopic (exact) mass is 348 g/mol. The summed E-state index contributed by atoms with van der Waals surface area (Å²) in [6, 6.07) is 8.54. The molecule has 1 amide bonds. The fourth-order valence-electron chi connectivity index (χ4n) is 3.06. The van der Waals surface area contributed by atoms with E-state index in [-0.39, 0.29) is 11.5 Å². The number of anilines is 1. The van der Waals surface area contributed by atoms with Gasteiger partial charge in [0.25, 0.3) is 0 Å². The Morgan fingerprint density at radius 2 is 1.88 bits per heavy atom. The quantitative estimate of drug-likeness (QED) is 0.799. The van der Waals surface area contributed by atoms with Crippen LogP contribution < -0.4 is 10.6 Å². The first kappa shape index (κ1) is 17.5. The number of halogens is 3. The summed E-state index contributed by atoms with van der Waals surface area (Å²) in [6.45, 7) is 1.91. The maximum atomic E-state index is 13.5. The van der Waals surface area contributed by atoms with Crippen molar-refractivity contribution in [2.75, 3.05) is 18.4 Å². The third kappa shape index (κ3) is 4.20. The summed E-state index contributed by atoms with van der Waals surface area (Å²) in [5.74, 6) is -3.67. The number of amides is 1. The van der Waals surface area contributed by atoms with Gasteiger partial charge in [-0.1, -0.05) is 18.2 Å². The average molecular weight is 348 g/mol. The summed E-state index contributed by atoms with van der Waals surface area (Å²) in [7, 11) is 0. The van der Waals surface area contributed by atoms with Crippen LogP contribution in [0.5, 0.6) is 0 Å². The smallest absolute Gasteiger partial charge is 0.224 e. The van der Waals surface area contributed by atoms with E-state index in [2.05, 4.69) is 10.6 Å². The van der Waals surface area contributed by atoms with E-state index in [1.165, 1.54) is 0 Å². The number of carbonyl (C=O) groups excluding carboxylic acids is 1. The molecule has 0 bridgehead atoms. The minimum Gasteiger partial charge on any atom is -0.326 e. The zero-order valence-electron chi connectivity index (χ0n) is 13.6. The number of hydrogen-bond donors (Lipinski definition) is 2. The molecule has 3 rings (SSSR count). The average Bonchev–Trinajstić information content (AvgIpc) is 3.11. The number of benzene rings is 2. The van der Waals surface area contributed by atoms with E-state index in [1.54, 1.807) is 24.3 Å². The number of carbonyl (C=O) groups is 1. The summed E-state index contributed by atoms with van der Waals surface area (Å²) in [5, 5.41) is 6.05. The lowest BCUT2D eigenvalue weighted by atomic mass is 10.0. The second-order valence-corrected chi connectivity index (χ2v) is 6.25. The molecule has 25 heavy (non-hydrogen) atoms. The topological polar surface area (TPSA) is 41.1 Å². The Labute approximate surface area is 144 Å². The highest BCUT2D eigenvalue weighted by molar-refractivity contribution is 5.95. The SMILES string of the molecule is O=C(CCC1CCNC1)Nc1ccccc1-c1cc(F)c(F)c(F)c1. The maximum absolute atomic E-state index is 13.5. The lowest BCUT2D eigenvalue weighted by molar-refractivity contribution is -0.116. The molecule has 3 nitrogen and oxygen atoms in total. The normalized spacial score (nSPS) is 16.8. The summed E-state index contributed by atoms with van der Waals surface area (Å²) < 4.78 is 40.2. The molecule has 1 heterocycles. The van der Waals surface area contributed by atoms with Crippen LogP contribution in [-0.2, 0) is 4.79 Å². The lowest BCUT2D eigenvalue weighted by Crippen LogP contribution is -2.15. The van der Waals surface area contributed by atoms with Crippen LogP contribution in [0.25, 0.3) is 11.1 Å². The molecular weight excluding hydrogens is 329 g/mol. The zero-order valence-corrected chi connectivity index (χ0v) is 13.6. The summed E-state index contributed by atoms with van der Waals surface area (Å²) >= 11 is 0. The van der Waals surface area contributed by atoms with Crippen LogP contribution in [0.4, 0.5) is 18.9 Å². The van der Waals surface area contributed by atoms with Gasteiger partial charge in [0, 0.05) is 17.7 Å². The minimum atomic E-state index is -1.50. The van der Waals surface area contributed by atoms with Crippen molar-refractivity contribution in [1.82, 2.24) is 5.32 Å². The molecule has 0 aromatic heterocycles. The van der Waals surface area contributed by atoms with Gasteiger partial charge < -0.3 is 10.6 Å². The first-order valence-electron chi connectivity index (χ1n) is 8.29. The van der Waals surface area contributed by atoms with Crippen LogP contribution in [0.15, 0.2) is 36.4 Å². The molecule has 0 saturated carbocycles. The molecule has 2 N–H and O–H groups in total. The Morgan fingerprint density at radius 3 is 2.56 bits per heavy atom. The Balaban J connectivity index is 1.75. The Bertz CT molecular complexity index is 750. The molecule has 1 atom stereocenters. The molecule has 2 aromatic carbocycles. The molecule has 0 spiro atoms. The van der Waals surface area contributed by atoms with Gasteiger partial charge in [0.15, 0.2) is 17.5 Å². The van der Waals surface area contributed by atoms with Gasteiger partial charge in [0.05, 0.1) is 0 Å². The number of hydrogen-bond acceptors (Lipinski definition) is 2. The van der Waals surface area contributed by atoms with Gasteiger partial charge in [-0.05, 0) is 55.6 Å². The van der Waals surface area contributed by atoms with E-state index >= 15 is 0 Å². The molecule has 132 valence electrons. The van der Waals surface area contributed by atoms with Crippen molar-refractivity contribution in [1.29, 1.82) is 0 Å². The molecule has 1 saturated heterocycles.